The summed E-state index contributed by atoms with van der Waals surface area (Å²) < 4.78 is 18.8. The quantitative estimate of drug-likeness (QED) is 0.886. The van der Waals surface area contributed by atoms with E-state index in [9.17, 15) is 9.18 Å². The Morgan fingerprint density at radius 1 is 1.33 bits per heavy atom. The van der Waals surface area contributed by atoms with Crippen molar-refractivity contribution in [2.45, 2.75) is 30.2 Å². The summed E-state index contributed by atoms with van der Waals surface area (Å²) in [6.07, 6.45) is 1.82. The van der Waals surface area contributed by atoms with E-state index >= 15 is 0 Å². The summed E-state index contributed by atoms with van der Waals surface area (Å²) in [6, 6.07) is 12.4. The second-order valence-electron chi connectivity index (χ2n) is 5.75. The van der Waals surface area contributed by atoms with E-state index in [0.717, 1.165) is 33.9 Å². The van der Waals surface area contributed by atoms with Gasteiger partial charge in [-0.3, -0.25) is 4.79 Å². The summed E-state index contributed by atoms with van der Waals surface area (Å²) in [5, 5.41) is 3.05. The third-order valence-electron chi connectivity index (χ3n) is 4.16. The molecule has 0 saturated carbocycles. The van der Waals surface area contributed by atoms with Gasteiger partial charge < -0.3 is 10.1 Å². The second-order valence-corrected chi connectivity index (χ2v) is 6.89. The van der Waals surface area contributed by atoms with Crippen LogP contribution < -0.4 is 10.1 Å². The normalized spacial score (nSPS) is 16.3. The number of thioether (sulfide) groups is 1. The van der Waals surface area contributed by atoms with Crippen LogP contribution in [0.15, 0.2) is 47.4 Å². The Labute approximate surface area is 145 Å². The van der Waals surface area contributed by atoms with Gasteiger partial charge in [0.2, 0.25) is 5.91 Å². The van der Waals surface area contributed by atoms with Crippen molar-refractivity contribution in [1.29, 1.82) is 0 Å². The Morgan fingerprint density at radius 2 is 2.17 bits per heavy atom. The van der Waals surface area contributed by atoms with Crippen LogP contribution in [-0.4, -0.2) is 18.8 Å². The van der Waals surface area contributed by atoms with Gasteiger partial charge in [-0.2, -0.15) is 0 Å². The van der Waals surface area contributed by atoms with E-state index in [1.165, 1.54) is 12.1 Å². The number of benzene rings is 2. The number of nitrogens with one attached hydrogen (secondary N) is 1. The van der Waals surface area contributed by atoms with E-state index in [1.807, 2.05) is 24.3 Å². The molecule has 0 radical (unpaired) electrons. The van der Waals surface area contributed by atoms with E-state index in [0.29, 0.717) is 12.8 Å². The molecule has 1 heterocycles. The molecule has 126 valence electrons. The largest absolute Gasteiger partial charge is 0.496 e. The molecule has 0 aromatic heterocycles. The number of halogens is 1. The van der Waals surface area contributed by atoms with Crippen molar-refractivity contribution in [2.75, 3.05) is 12.9 Å². The van der Waals surface area contributed by atoms with Gasteiger partial charge in [-0.1, -0.05) is 18.2 Å². The molecule has 1 aliphatic rings. The number of rotatable bonds is 5. The maximum absolute atomic E-state index is 13.5. The molecule has 0 aliphatic carbocycles. The van der Waals surface area contributed by atoms with Gasteiger partial charge in [0, 0.05) is 17.1 Å². The van der Waals surface area contributed by atoms with Crippen molar-refractivity contribution < 1.29 is 13.9 Å². The summed E-state index contributed by atoms with van der Waals surface area (Å²) in [5.41, 5.74) is 1.90. The molecular formula is C19H20FNO2S. The molecule has 3 nitrogen and oxygen atoms in total. The number of hydrogen-bond acceptors (Lipinski definition) is 3. The minimum atomic E-state index is -0.260. The van der Waals surface area contributed by atoms with Crippen LogP contribution in [0.3, 0.4) is 0 Å². The predicted octanol–water partition coefficient (Wildman–Crippen LogP) is 4.12. The molecule has 1 N–H and O–H groups in total. The molecule has 2 aromatic carbocycles. The minimum Gasteiger partial charge on any atom is -0.496 e. The van der Waals surface area contributed by atoms with Crippen LogP contribution in [-0.2, 0) is 11.2 Å². The van der Waals surface area contributed by atoms with E-state index in [-0.39, 0.29) is 17.8 Å². The van der Waals surface area contributed by atoms with Crippen molar-refractivity contribution in [2.24, 2.45) is 0 Å². The van der Waals surface area contributed by atoms with Crippen LogP contribution in [0.2, 0.25) is 0 Å². The molecule has 3 rings (SSSR count). The van der Waals surface area contributed by atoms with Gasteiger partial charge in [-0.15, -0.1) is 11.8 Å². The van der Waals surface area contributed by atoms with Gasteiger partial charge in [-0.05, 0) is 48.2 Å². The lowest BCUT2D eigenvalue weighted by molar-refractivity contribution is -0.121. The summed E-state index contributed by atoms with van der Waals surface area (Å²) in [6.45, 7) is 0. The lowest BCUT2D eigenvalue weighted by Crippen LogP contribution is -2.30. The van der Waals surface area contributed by atoms with Crippen LogP contribution in [0.5, 0.6) is 5.75 Å². The molecule has 5 heteroatoms. The molecule has 24 heavy (non-hydrogen) atoms. The number of carbonyl (C=O) groups excluding carboxylic acids is 1. The first kappa shape index (κ1) is 16.8. The van der Waals surface area contributed by atoms with Crippen molar-refractivity contribution in [3.8, 4) is 5.75 Å². The molecule has 1 amide bonds. The van der Waals surface area contributed by atoms with Crippen molar-refractivity contribution in [3.63, 3.8) is 0 Å². The minimum absolute atomic E-state index is 0.0204. The highest BCUT2D eigenvalue weighted by Gasteiger charge is 2.22. The summed E-state index contributed by atoms with van der Waals surface area (Å²) in [5.74, 6) is 1.44. The lowest BCUT2D eigenvalue weighted by Gasteiger charge is -2.26. The van der Waals surface area contributed by atoms with Gasteiger partial charge in [0.15, 0.2) is 0 Å². The van der Waals surface area contributed by atoms with E-state index in [1.54, 1.807) is 24.9 Å². The third kappa shape index (κ3) is 3.90. The van der Waals surface area contributed by atoms with Crippen molar-refractivity contribution in [3.05, 3.63) is 59.4 Å². The van der Waals surface area contributed by atoms with Gasteiger partial charge in [0.25, 0.3) is 0 Å². The average molecular weight is 345 g/mol. The summed E-state index contributed by atoms with van der Waals surface area (Å²) in [7, 11) is 1.63. The first-order valence-electron chi connectivity index (χ1n) is 8.01. The molecule has 2 aromatic rings. The predicted molar refractivity (Wildman–Crippen MR) is 93.9 cm³/mol. The highest BCUT2D eigenvalue weighted by Crippen LogP contribution is 2.36. The Morgan fingerprint density at radius 3 is 3.00 bits per heavy atom. The number of carbonyl (C=O) groups is 1. The first-order valence-corrected chi connectivity index (χ1v) is 8.99. The number of amides is 1. The van der Waals surface area contributed by atoms with Crippen LogP contribution >= 0.6 is 11.8 Å². The molecular weight excluding hydrogens is 325 g/mol. The molecule has 0 fully saturated rings. The highest BCUT2D eigenvalue weighted by molar-refractivity contribution is 7.99. The van der Waals surface area contributed by atoms with E-state index in [2.05, 4.69) is 5.32 Å². The standard InChI is InChI=1S/C19H20FNO2S/c1-23-17-5-3-2-4-13(17)6-9-19(22)21-16-10-11-24-18-8-7-14(20)12-15(16)18/h2-5,7-8,12,16H,6,9-11H2,1H3,(H,21,22)/t16-/m1/s1. The van der Waals surface area contributed by atoms with E-state index in [4.69, 9.17) is 4.74 Å². The van der Waals surface area contributed by atoms with E-state index < -0.39 is 0 Å². The SMILES string of the molecule is COc1ccccc1CCC(=O)N[C@@H]1CCSc2ccc(F)cc21. The first-order chi connectivity index (χ1) is 11.7. The number of ether oxygens (including phenoxy) is 1. The number of aryl methyl sites for hydroxylation is 1. The summed E-state index contributed by atoms with van der Waals surface area (Å²) >= 11 is 1.71. The topological polar surface area (TPSA) is 38.3 Å². The fourth-order valence-corrected chi connectivity index (χ4v) is 4.05. The molecule has 0 unspecified atom stereocenters. The molecule has 1 aliphatic heterocycles. The van der Waals surface area contributed by atoms with Crippen LogP contribution in [0.4, 0.5) is 4.39 Å². The zero-order valence-electron chi connectivity index (χ0n) is 13.5. The fraction of sp³-hybridized carbons (Fsp3) is 0.316. The average Bonchev–Trinajstić information content (AvgIpc) is 2.60. The highest BCUT2D eigenvalue weighted by atomic mass is 32.2. The van der Waals surface area contributed by atoms with Gasteiger partial charge in [0.05, 0.1) is 13.2 Å². The Bertz CT molecular complexity index is 735. The van der Waals surface area contributed by atoms with Crippen molar-refractivity contribution in [1.82, 2.24) is 5.32 Å². The molecule has 0 spiro atoms. The monoisotopic (exact) mass is 345 g/mol. The number of hydrogen-bond donors (Lipinski definition) is 1. The van der Waals surface area contributed by atoms with Crippen LogP contribution in [0.1, 0.15) is 30.0 Å². The number of fused-ring (bicyclic) bond motifs is 1. The van der Waals surface area contributed by atoms with Crippen LogP contribution in [0.25, 0.3) is 0 Å². The molecule has 0 bridgehead atoms. The second kappa shape index (κ2) is 7.71. The number of para-hydroxylation sites is 1. The maximum atomic E-state index is 13.5. The van der Waals surface area contributed by atoms with Gasteiger partial charge in [0.1, 0.15) is 11.6 Å². The number of methoxy groups -OCH3 is 1. The zero-order valence-corrected chi connectivity index (χ0v) is 14.4. The smallest absolute Gasteiger partial charge is 0.220 e. The third-order valence-corrected chi connectivity index (χ3v) is 5.28. The molecule has 0 saturated heterocycles. The van der Waals surface area contributed by atoms with Crippen molar-refractivity contribution >= 4 is 17.7 Å². The maximum Gasteiger partial charge on any atom is 0.220 e. The zero-order chi connectivity index (χ0) is 16.9. The van der Waals surface area contributed by atoms with Gasteiger partial charge >= 0.3 is 0 Å². The Hall–Kier alpha value is -2.01. The summed E-state index contributed by atoms with van der Waals surface area (Å²) in [4.78, 5) is 13.4. The lowest BCUT2D eigenvalue weighted by atomic mass is 10.0. The van der Waals surface area contributed by atoms with Crippen LogP contribution in [0, 0.1) is 5.82 Å². The Kier molecular flexibility index (Phi) is 5.41. The molecule has 1 atom stereocenters. The Balaban J connectivity index is 1.63. The van der Waals surface area contributed by atoms with Gasteiger partial charge in [-0.25, -0.2) is 4.39 Å². The fourth-order valence-electron chi connectivity index (χ4n) is 2.94.